The molecule has 0 aliphatic carbocycles. The quantitative estimate of drug-likeness (QED) is 0.828. The van der Waals surface area contributed by atoms with Crippen molar-refractivity contribution in [2.24, 2.45) is 0 Å². The molecule has 0 saturated heterocycles. The topological polar surface area (TPSA) is 21.3 Å². The third-order valence-corrected chi connectivity index (χ3v) is 4.33. The zero-order valence-corrected chi connectivity index (χ0v) is 14.6. The van der Waals surface area contributed by atoms with Gasteiger partial charge in [0.25, 0.3) is 0 Å². The molecule has 1 N–H and O–H groups in total. The summed E-state index contributed by atoms with van der Waals surface area (Å²) in [5, 5.41) is 3.26. The lowest BCUT2D eigenvalue weighted by molar-refractivity contribution is 0.300. The zero-order valence-electron chi connectivity index (χ0n) is 13.0. The Balaban J connectivity index is 2.17. The third-order valence-electron chi connectivity index (χ3n) is 3.84. The van der Waals surface area contributed by atoms with E-state index >= 15 is 0 Å². The Labute approximate surface area is 135 Å². The van der Waals surface area contributed by atoms with Crippen LogP contribution in [0.4, 0.5) is 0 Å². The standard InChI is InChI=1S/C18H22BrNO/c1-12-5-6-15(9-13(12)2)11-21-18-8-7-16(19)10-17(18)14(3)20-4/h5-10,14,20H,11H2,1-4H3. The minimum Gasteiger partial charge on any atom is -0.489 e. The molecule has 0 aliphatic rings. The van der Waals surface area contributed by atoms with Crippen LogP contribution in [-0.2, 0) is 6.61 Å². The molecule has 21 heavy (non-hydrogen) atoms. The van der Waals surface area contributed by atoms with Crippen LogP contribution in [0.25, 0.3) is 0 Å². The minimum absolute atomic E-state index is 0.247. The molecule has 0 heterocycles. The van der Waals surface area contributed by atoms with E-state index in [4.69, 9.17) is 4.74 Å². The first kappa shape index (κ1) is 16.1. The van der Waals surface area contributed by atoms with E-state index in [0.717, 1.165) is 15.8 Å². The van der Waals surface area contributed by atoms with Crippen molar-refractivity contribution in [3.05, 3.63) is 63.1 Å². The van der Waals surface area contributed by atoms with E-state index in [9.17, 15) is 0 Å². The van der Waals surface area contributed by atoms with Gasteiger partial charge in [0.1, 0.15) is 12.4 Å². The molecule has 0 amide bonds. The average Bonchev–Trinajstić information content (AvgIpc) is 2.48. The molecule has 2 nitrogen and oxygen atoms in total. The van der Waals surface area contributed by atoms with Crippen molar-refractivity contribution in [3.63, 3.8) is 0 Å². The van der Waals surface area contributed by atoms with Crippen LogP contribution in [0.15, 0.2) is 40.9 Å². The highest BCUT2D eigenvalue weighted by molar-refractivity contribution is 9.10. The fourth-order valence-electron chi connectivity index (χ4n) is 2.20. The Morgan fingerprint density at radius 3 is 2.52 bits per heavy atom. The highest BCUT2D eigenvalue weighted by atomic mass is 79.9. The summed E-state index contributed by atoms with van der Waals surface area (Å²) in [7, 11) is 1.96. The highest BCUT2D eigenvalue weighted by Gasteiger charge is 2.11. The summed E-state index contributed by atoms with van der Waals surface area (Å²) in [6.45, 7) is 6.98. The zero-order chi connectivity index (χ0) is 15.4. The lowest BCUT2D eigenvalue weighted by Crippen LogP contribution is -2.13. The number of hydrogen-bond acceptors (Lipinski definition) is 2. The molecule has 0 saturated carbocycles. The second-order valence-electron chi connectivity index (χ2n) is 5.40. The van der Waals surface area contributed by atoms with Gasteiger partial charge in [-0.1, -0.05) is 34.1 Å². The van der Waals surface area contributed by atoms with Gasteiger partial charge in [-0.25, -0.2) is 0 Å². The van der Waals surface area contributed by atoms with Crippen LogP contribution >= 0.6 is 15.9 Å². The average molecular weight is 348 g/mol. The molecule has 0 fully saturated rings. The van der Waals surface area contributed by atoms with Crippen molar-refractivity contribution in [2.75, 3.05) is 7.05 Å². The molecule has 1 atom stereocenters. The molecule has 0 bridgehead atoms. The molecule has 2 aromatic carbocycles. The first-order chi connectivity index (χ1) is 10.0. The molecule has 0 aromatic heterocycles. The van der Waals surface area contributed by atoms with Crippen LogP contribution in [0.5, 0.6) is 5.75 Å². The summed E-state index contributed by atoms with van der Waals surface area (Å²) in [5.41, 5.74) is 4.97. The lowest BCUT2D eigenvalue weighted by atomic mass is 10.1. The molecular formula is C18H22BrNO. The Morgan fingerprint density at radius 2 is 1.86 bits per heavy atom. The van der Waals surface area contributed by atoms with E-state index in [2.05, 4.69) is 66.3 Å². The van der Waals surface area contributed by atoms with Gasteiger partial charge in [-0.15, -0.1) is 0 Å². The summed E-state index contributed by atoms with van der Waals surface area (Å²) in [6.07, 6.45) is 0. The fraction of sp³-hybridized carbons (Fsp3) is 0.333. The van der Waals surface area contributed by atoms with Crippen molar-refractivity contribution < 1.29 is 4.74 Å². The van der Waals surface area contributed by atoms with Crippen molar-refractivity contribution >= 4 is 15.9 Å². The van der Waals surface area contributed by atoms with E-state index in [-0.39, 0.29) is 6.04 Å². The van der Waals surface area contributed by atoms with E-state index in [0.29, 0.717) is 6.61 Å². The maximum absolute atomic E-state index is 6.04. The summed E-state index contributed by atoms with van der Waals surface area (Å²) in [6, 6.07) is 12.9. The SMILES string of the molecule is CNC(C)c1cc(Br)ccc1OCc1ccc(C)c(C)c1. The van der Waals surface area contributed by atoms with Gasteiger partial charge in [0.15, 0.2) is 0 Å². The summed E-state index contributed by atoms with van der Waals surface area (Å²) >= 11 is 3.52. The number of nitrogens with one attached hydrogen (secondary N) is 1. The van der Waals surface area contributed by atoms with E-state index in [1.54, 1.807) is 0 Å². The number of benzene rings is 2. The maximum Gasteiger partial charge on any atom is 0.124 e. The van der Waals surface area contributed by atoms with Crippen LogP contribution in [0.1, 0.15) is 35.2 Å². The summed E-state index contributed by atoms with van der Waals surface area (Å²) in [4.78, 5) is 0. The molecule has 3 heteroatoms. The minimum atomic E-state index is 0.247. The van der Waals surface area contributed by atoms with Crippen molar-refractivity contribution in [3.8, 4) is 5.75 Å². The molecule has 1 unspecified atom stereocenters. The van der Waals surface area contributed by atoms with Gasteiger partial charge >= 0.3 is 0 Å². The predicted molar refractivity (Wildman–Crippen MR) is 91.9 cm³/mol. The Bertz CT molecular complexity index is 625. The molecule has 112 valence electrons. The van der Waals surface area contributed by atoms with E-state index < -0.39 is 0 Å². The summed E-state index contributed by atoms with van der Waals surface area (Å²) < 4.78 is 7.10. The van der Waals surface area contributed by atoms with E-state index in [1.165, 1.54) is 16.7 Å². The first-order valence-electron chi connectivity index (χ1n) is 7.17. The van der Waals surface area contributed by atoms with Crippen molar-refractivity contribution in [1.29, 1.82) is 0 Å². The number of ether oxygens (including phenoxy) is 1. The monoisotopic (exact) mass is 347 g/mol. The Morgan fingerprint density at radius 1 is 1.10 bits per heavy atom. The number of halogens is 1. The molecule has 2 rings (SSSR count). The van der Waals surface area contributed by atoms with Gasteiger partial charge in [0.05, 0.1) is 0 Å². The van der Waals surface area contributed by atoms with Crippen LogP contribution in [0, 0.1) is 13.8 Å². The largest absolute Gasteiger partial charge is 0.489 e. The molecule has 2 aromatic rings. The van der Waals surface area contributed by atoms with Crippen LogP contribution in [0.3, 0.4) is 0 Å². The maximum atomic E-state index is 6.04. The van der Waals surface area contributed by atoms with E-state index in [1.807, 2.05) is 19.2 Å². The van der Waals surface area contributed by atoms with Crippen molar-refractivity contribution in [1.82, 2.24) is 5.32 Å². The second-order valence-corrected chi connectivity index (χ2v) is 6.32. The molecule has 0 radical (unpaired) electrons. The van der Waals surface area contributed by atoms with Gasteiger partial charge in [0, 0.05) is 16.1 Å². The van der Waals surface area contributed by atoms with Gasteiger partial charge < -0.3 is 10.1 Å². The smallest absolute Gasteiger partial charge is 0.124 e. The van der Waals surface area contributed by atoms with Gasteiger partial charge in [-0.3, -0.25) is 0 Å². The van der Waals surface area contributed by atoms with Crippen molar-refractivity contribution in [2.45, 2.75) is 33.4 Å². The van der Waals surface area contributed by atoms with Crippen LogP contribution < -0.4 is 10.1 Å². The highest BCUT2D eigenvalue weighted by Crippen LogP contribution is 2.29. The normalized spacial score (nSPS) is 12.2. The van der Waals surface area contributed by atoms with Crippen LogP contribution in [-0.4, -0.2) is 7.05 Å². The van der Waals surface area contributed by atoms with Gasteiger partial charge in [0.2, 0.25) is 0 Å². The Kier molecular flexibility index (Phi) is 5.43. The fourth-order valence-corrected chi connectivity index (χ4v) is 2.58. The predicted octanol–water partition coefficient (Wildman–Crippen LogP) is 4.93. The second kappa shape index (κ2) is 7.10. The molecule has 0 aliphatic heterocycles. The van der Waals surface area contributed by atoms with Crippen LogP contribution in [0.2, 0.25) is 0 Å². The molecular weight excluding hydrogens is 326 g/mol. The number of hydrogen-bond donors (Lipinski definition) is 1. The van der Waals surface area contributed by atoms with Gasteiger partial charge in [-0.05, 0) is 62.7 Å². The molecule has 0 spiro atoms. The number of aryl methyl sites for hydroxylation is 2. The summed E-state index contributed by atoms with van der Waals surface area (Å²) in [5.74, 6) is 0.929. The Hall–Kier alpha value is -1.32. The first-order valence-corrected chi connectivity index (χ1v) is 7.96. The third kappa shape index (κ3) is 4.08. The number of rotatable bonds is 5. The lowest BCUT2D eigenvalue weighted by Gasteiger charge is -2.17. The van der Waals surface area contributed by atoms with Gasteiger partial charge in [-0.2, -0.15) is 0 Å².